The van der Waals surface area contributed by atoms with Crippen LogP contribution in [0.5, 0.6) is 5.75 Å². The molecule has 1 aliphatic rings. The normalized spacial score (nSPS) is 14.0. The van der Waals surface area contributed by atoms with Crippen LogP contribution < -0.4 is 10.1 Å². The average molecular weight is 375 g/mol. The fourth-order valence-electron chi connectivity index (χ4n) is 2.69. The molecule has 2 aromatic carbocycles. The molecule has 2 aromatic rings. The molecule has 0 radical (unpaired) electrons. The molecule has 1 saturated heterocycles. The van der Waals surface area contributed by atoms with Crippen molar-refractivity contribution < 1.29 is 23.1 Å². The Morgan fingerprint density at radius 2 is 1.56 bits per heavy atom. The Labute approximate surface area is 155 Å². The van der Waals surface area contributed by atoms with E-state index in [2.05, 4.69) is 5.32 Å². The number of rotatable bonds is 4. The molecule has 0 aliphatic carbocycles. The Bertz CT molecular complexity index is 806. The summed E-state index contributed by atoms with van der Waals surface area (Å²) in [5, 5.41) is 2.69. The van der Waals surface area contributed by atoms with E-state index in [0.29, 0.717) is 31.9 Å². The van der Waals surface area contributed by atoms with Crippen molar-refractivity contribution in [2.45, 2.75) is 0 Å². The predicted octanol–water partition coefficient (Wildman–Crippen LogP) is 2.72. The standard InChI is InChI=1S/C19H19F2N3O3/c20-14-5-7-15(8-6-14)22-19(26)24-11-9-23(10-12-24)18(25)13-27-17-4-2-1-3-16(17)21/h1-8H,9-13H2,(H,22,26). The second-order valence-corrected chi connectivity index (χ2v) is 6.02. The summed E-state index contributed by atoms with van der Waals surface area (Å²) in [6, 6.07) is 11.1. The van der Waals surface area contributed by atoms with Crippen molar-refractivity contribution in [1.29, 1.82) is 0 Å². The van der Waals surface area contributed by atoms with Crippen molar-refractivity contribution in [2.75, 3.05) is 38.1 Å². The molecule has 1 N–H and O–H groups in total. The molecule has 1 aliphatic heterocycles. The molecule has 1 heterocycles. The highest BCUT2D eigenvalue weighted by Gasteiger charge is 2.24. The smallest absolute Gasteiger partial charge is 0.321 e. The maximum atomic E-state index is 13.5. The summed E-state index contributed by atoms with van der Waals surface area (Å²) >= 11 is 0. The van der Waals surface area contributed by atoms with Crippen LogP contribution in [0.15, 0.2) is 48.5 Å². The number of piperazine rings is 1. The zero-order chi connectivity index (χ0) is 19.2. The van der Waals surface area contributed by atoms with Gasteiger partial charge in [-0.05, 0) is 36.4 Å². The molecular formula is C19H19F2N3O3. The summed E-state index contributed by atoms with van der Waals surface area (Å²) in [6.07, 6.45) is 0. The van der Waals surface area contributed by atoms with E-state index in [9.17, 15) is 18.4 Å². The van der Waals surface area contributed by atoms with Crippen molar-refractivity contribution in [2.24, 2.45) is 0 Å². The van der Waals surface area contributed by atoms with Crippen molar-refractivity contribution in [3.05, 3.63) is 60.2 Å². The number of carbonyl (C=O) groups is 2. The van der Waals surface area contributed by atoms with E-state index in [0.717, 1.165) is 0 Å². The number of benzene rings is 2. The predicted molar refractivity (Wildman–Crippen MR) is 95.5 cm³/mol. The number of ether oxygens (including phenoxy) is 1. The van der Waals surface area contributed by atoms with E-state index in [1.807, 2.05) is 0 Å². The van der Waals surface area contributed by atoms with Crippen LogP contribution in [-0.2, 0) is 4.79 Å². The quantitative estimate of drug-likeness (QED) is 0.894. The Balaban J connectivity index is 1.45. The lowest BCUT2D eigenvalue weighted by Gasteiger charge is -2.34. The van der Waals surface area contributed by atoms with Crippen LogP contribution in [0.2, 0.25) is 0 Å². The lowest BCUT2D eigenvalue weighted by atomic mass is 10.3. The van der Waals surface area contributed by atoms with Gasteiger partial charge in [-0.2, -0.15) is 0 Å². The van der Waals surface area contributed by atoms with Crippen LogP contribution >= 0.6 is 0 Å². The first-order valence-electron chi connectivity index (χ1n) is 8.49. The van der Waals surface area contributed by atoms with Crippen LogP contribution in [0.3, 0.4) is 0 Å². The van der Waals surface area contributed by atoms with Gasteiger partial charge in [-0.3, -0.25) is 4.79 Å². The summed E-state index contributed by atoms with van der Waals surface area (Å²) in [5.74, 6) is -1.13. The number of nitrogens with one attached hydrogen (secondary N) is 1. The maximum Gasteiger partial charge on any atom is 0.321 e. The summed E-state index contributed by atoms with van der Waals surface area (Å²) in [4.78, 5) is 27.6. The lowest BCUT2D eigenvalue weighted by Crippen LogP contribution is -2.52. The van der Waals surface area contributed by atoms with Gasteiger partial charge in [0, 0.05) is 31.9 Å². The van der Waals surface area contributed by atoms with Gasteiger partial charge in [0.05, 0.1) is 0 Å². The minimum atomic E-state index is -0.521. The number of urea groups is 1. The molecule has 0 saturated carbocycles. The molecule has 0 bridgehead atoms. The number of amides is 3. The third kappa shape index (κ3) is 4.93. The number of carbonyl (C=O) groups excluding carboxylic acids is 2. The molecule has 0 unspecified atom stereocenters. The number of hydrogen-bond acceptors (Lipinski definition) is 3. The minimum absolute atomic E-state index is 0.0307. The number of nitrogens with zero attached hydrogens (tertiary/aromatic N) is 2. The van der Waals surface area contributed by atoms with Gasteiger partial charge >= 0.3 is 6.03 Å². The fraction of sp³-hybridized carbons (Fsp3) is 0.263. The van der Waals surface area contributed by atoms with Gasteiger partial charge in [0.25, 0.3) is 5.91 Å². The second-order valence-electron chi connectivity index (χ2n) is 6.02. The summed E-state index contributed by atoms with van der Waals surface area (Å²) < 4.78 is 31.6. The van der Waals surface area contributed by atoms with Crippen LogP contribution in [0.25, 0.3) is 0 Å². The summed E-state index contributed by atoms with van der Waals surface area (Å²) in [7, 11) is 0. The second kappa shape index (κ2) is 8.48. The van der Waals surface area contributed by atoms with E-state index in [1.54, 1.807) is 21.9 Å². The molecule has 27 heavy (non-hydrogen) atoms. The van der Waals surface area contributed by atoms with Gasteiger partial charge in [-0.15, -0.1) is 0 Å². The zero-order valence-corrected chi connectivity index (χ0v) is 14.5. The zero-order valence-electron chi connectivity index (χ0n) is 14.5. The van der Waals surface area contributed by atoms with Gasteiger partial charge in [0.2, 0.25) is 0 Å². The molecule has 3 rings (SSSR count). The van der Waals surface area contributed by atoms with E-state index in [4.69, 9.17) is 4.74 Å². The molecular weight excluding hydrogens is 356 g/mol. The van der Waals surface area contributed by atoms with Gasteiger partial charge in [0.15, 0.2) is 18.2 Å². The lowest BCUT2D eigenvalue weighted by molar-refractivity contribution is -0.134. The van der Waals surface area contributed by atoms with Crippen molar-refractivity contribution in [3.63, 3.8) is 0 Å². The Morgan fingerprint density at radius 1 is 0.926 bits per heavy atom. The van der Waals surface area contributed by atoms with E-state index in [1.165, 1.54) is 36.4 Å². The van der Waals surface area contributed by atoms with Crippen LogP contribution in [0.4, 0.5) is 19.3 Å². The summed E-state index contributed by atoms with van der Waals surface area (Å²) in [6.45, 7) is 1.17. The van der Waals surface area contributed by atoms with Crippen molar-refractivity contribution in [3.8, 4) is 5.75 Å². The SMILES string of the molecule is O=C(COc1ccccc1F)N1CCN(C(=O)Nc2ccc(F)cc2)CC1. The third-order valence-corrected chi connectivity index (χ3v) is 4.20. The minimum Gasteiger partial charge on any atom is -0.481 e. The maximum absolute atomic E-state index is 13.5. The first kappa shape index (κ1) is 18.6. The van der Waals surface area contributed by atoms with Gasteiger partial charge in [-0.25, -0.2) is 13.6 Å². The fourth-order valence-corrected chi connectivity index (χ4v) is 2.69. The highest BCUT2D eigenvalue weighted by Crippen LogP contribution is 2.16. The Morgan fingerprint density at radius 3 is 2.22 bits per heavy atom. The van der Waals surface area contributed by atoms with E-state index in [-0.39, 0.29) is 30.1 Å². The number of anilines is 1. The molecule has 0 spiro atoms. The highest BCUT2D eigenvalue weighted by molar-refractivity contribution is 5.89. The Kier molecular flexibility index (Phi) is 5.85. The molecule has 8 heteroatoms. The molecule has 6 nitrogen and oxygen atoms in total. The number of para-hydroxylation sites is 1. The monoisotopic (exact) mass is 375 g/mol. The number of halogens is 2. The van der Waals surface area contributed by atoms with E-state index < -0.39 is 5.82 Å². The molecule has 0 atom stereocenters. The first-order valence-corrected chi connectivity index (χ1v) is 8.49. The summed E-state index contributed by atoms with van der Waals surface area (Å²) in [5.41, 5.74) is 0.498. The van der Waals surface area contributed by atoms with Gasteiger partial charge in [-0.1, -0.05) is 12.1 Å². The van der Waals surface area contributed by atoms with Crippen molar-refractivity contribution in [1.82, 2.24) is 9.80 Å². The molecule has 1 fully saturated rings. The molecule has 142 valence electrons. The number of hydrogen-bond donors (Lipinski definition) is 1. The van der Waals surface area contributed by atoms with Gasteiger partial charge in [0.1, 0.15) is 5.82 Å². The third-order valence-electron chi connectivity index (χ3n) is 4.20. The average Bonchev–Trinajstić information content (AvgIpc) is 2.69. The first-order chi connectivity index (χ1) is 13.0. The van der Waals surface area contributed by atoms with Crippen LogP contribution in [-0.4, -0.2) is 54.5 Å². The Hall–Kier alpha value is -3.16. The van der Waals surface area contributed by atoms with Crippen LogP contribution in [0, 0.1) is 11.6 Å². The van der Waals surface area contributed by atoms with Gasteiger partial charge < -0.3 is 19.9 Å². The molecule has 3 amide bonds. The topological polar surface area (TPSA) is 61.9 Å². The van der Waals surface area contributed by atoms with Crippen molar-refractivity contribution >= 4 is 17.6 Å². The molecule has 0 aromatic heterocycles. The van der Waals surface area contributed by atoms with E-state index >= 15 is 0 Å². The van der Waals surface area contributed by atoms with Crippen LogP contribution in [0.1, 0.15) is 0 Å². The highest BCUT2D eigenvalue weighted by atomic mass is 19.1. The largest absolute Gasteiger partial charge is 0.481 e.